The van der Waals surface area contributed by atoms with Crippen LogP contribution in [0.1, 0.15) is 51.0 Å². The molecule has 2 amide bonds. The molecule has 1 aromatic carbocycles. The van der Waals surface area contributed by atoms with Gasteiger partial charge in [-0.15, -0.1) is 0 Å². The molecule has 5 nitrogen and oxygen atoms in total. The minimum absolute atomic E-state index is 0.109. The Morgan fingerprint density at radius 1 is 1.22 bits per heavy atom. The molecule has 0 aromatic heterocycles. The Morgan fingerprint density at radius 2 is 2.00 bits per heavy atom. The number of ether oxygens (including phenoxy) is 1. The molecule has 1 aromatic rings. The van der Waals surface area contributed by atoms with E-state index in [9.17, 15) is 9.18 Å². The number of amides is 2. The molecule has 6 heteroatoms. The number of carbonyl (C=O) groups excluding carboxylic acids is 1. The monoisotopic (exact) mass is 377 g/mol. The van der Waals surface area contributed by atoms with Gasteiger partial charge in [0.1, 0.15) is 0 Å². The maximum Gasteiger partial charge on any atom is 0.317 e. The lowest BCUT2D eigenvalue weighted by Crippen LogP contribution is -2.53. The first-order chi connectivity index (χ1) is 13.1. The summed E-state index contributed by atoms with van der Waals surface area (Å²) in [5.41, 5.74) is 0.954. The highest BCUT2D eigenvalue weighted by atomic mass is 19.1. The molecule has 0 saturated carbocycles. The van der Waals surface area contributed by atoms with Crippen LogP contribution in [0.25, 0.3) is 0 Å². The number of methoxy groups -OCH3 is 1. The van der Waals surface area contributed by atoms with Gasteiger partial charge in [-0.05, 0) is 56.2 Å². The number of piperidine rings is 2. The van der Waals surface area contributed by atoms with Crippen molar-refractivity contribution in [1.29, 1.82) is 0 Å². The Kier molecular flexibility index (Phi) is 6.94. The topological polar surface area (TPSA) is 44.8 Å². The summed E-state index contributed by atoms with van der Waals surface area (Å²) >= 11 is 0. The molecule has 3 rings (SSSR count). The number of benzene rings is 1. The van der Waals surface area contributed by atoms with Crippen molar-refractivity contribution in [3.63, 3.8) is 0 Å². The lowest BCUT2D eigenvalue weighted by atomic mass is 10.00. The number of carbonyl (C=O) groups is 1. The van der Waals surface area contributed by atoms with Crippen LogP contribution >= 0.6 is 0 Å². The predicted octanol–water partition coefficient (Wildman–Crippen LogP) is 3.77. The first kappa shape index (κ1) is 19.9. The van der Waals surface area contributed by atoms with Gasteiger partial charge < -0.3 is 15.0 Å². The van der Waals surface area contributed by atoms with E-state index in [-0.39, 0.29) is 23.6 Å². The third-order valence-corrected chi connectivity index (χ3v) is 5.90. The maximum absolute atomic E-state index is 13.9. The average Bonchev–Trinajstić information content (AvgIpc) is 2.69. The van der Waals surface area contributed by atoms with Crippen LogP contribution in [-0.2, 0) is 6.54 Å². The van der Waals surface area contributed by atoms with E-state index in [0.717, 1.165) is 63.8 Å². The molecule has 1 unspecified atom stereocenters. The van der Waals surface area contributed by atoms with Gasteiger partial charge >= 0.3 is 6.03 Å². The number of likely N-dealkylation sites (tertiary alicyclic amines) is 2. The molecule has 0 bridgehead atoms. The van der Waals surface area contributed by atoms with Crippen LogP contribution in [0.15, 0.2) is 18.2 Å². The third-order valence-electron chi connectivity index (χ3n) is 5.90. The van der Waals surface area contributed by atoms with Gasteiger partial charge in [0.15, 0.2) is 11.6 Å². The van der Waals surface area contributed by atoms with Gasteiger partial charge in [-0.2, -0.15) is 0 Å². The van der Waals surface area contributed by atoms with Gasteiger partial charge in [-0.1, -0.05) is 13.0 Å². The van der Waals surface area contributed by atoms with Gasteiger partial charge in [-0.25, -0.2) is 9.18 Å². The number of urea groups is 1. The fraction of sp³-hybridized carbons (Fsp3) is 0.667. The summed E-state index contributed by atoms with van der Waals surface area (Å²) in [5.74, 6) is -0.0348. The molecule has 0 spiro atoms. The first-order valence-electron chi connectivity index (χ1n) is 10.2. The van der Waals surface area contributed by atoms with Crippen LogP contribution in [0.5, 0.6) is 5.75 Å². The summed E-state index contributed by atoms with van der Waals surface area (Å²) in [6.45, 7) is 5.60. The molecule has 2 aliphatic heterocycles. The summed E-state index contributed by atoms with van der Waals surface area (Å²) in [6, 6.07) is 5.88. The van der Waals surface area contributed by atoms with E-state index in [0.29, 0.717) is 6.04 Å². The van der Waals surface area contributed by atoms with Crippen LogP contribution in [-0.4, -0.2) is 54.7 Å². The molecular weight excluding hydrogens is 345 g/mol. The quantitative estimate of drug-likeness (QED) is 0.849. The van der Waals surface area contributed by atoms with E-state index >= 15 is 0 Å². The Bertz CT molecular complexity index is 632. The van der Waals surface area contributed by atoms with Crippen molar-refractivity contribution in [2.24, 2.45) is 0 Å². The van der Waals surface area contributed by atoms with Gasteiger partial charge in [-0.3, -0.25) is 4.90 Å². The zero-order valence-corrected chi connectivity index (χ0v) is 16.5. The molecule has 2 aliphatic rings. The van der Waals surface area contributed by atoms with Crippen molar-refractivity contribution in [3.8, 4) is 5.75 Å². The standard InChI is InChI=1S/C21H32FN3O2/c1-3-18-6-4-5-11-25(18)21(26)23-17-9-12-24(13-10-17)15-16-7-8-20(27-2)19(22)14-16/h7-8,14,17-18H,3-6,9-13,15H2,1-2H3,(H,23,26). The first-order valence-corrected chi connectivity index (χ1v) is 10.2. The van der Waals surface area contributed by atoms with E-state index in [4.69, 9.17) is 4.74 Å². The third kappa shape index (κ3) is 5.12. The van der Waals surface area contributed by atoms with Crippen molar-refractivity contribution in [3.05, 3.63) is 29.6 Å². The highest BCUT2D eigenvalue weighted by Gasteiger charge is 2.28. The van der Waals surface area contributed by atoms with Crippen LogP contribution < -0.4 is 10.1 Å². The van der Waals surface area contributed by atoms with Crippen molar-refractivity contribution in [1.82, 2.24) is 15.1 Å². The number of nitrogens with one attached hydrogen (secondary N) is 1. The molecule has 1 atom stereocenters. The Balaban J connectivity index is 1.46. The zero-order valence-electron chi connectivity index (χ0n) is 16.5. The molecule has 150 valence electrons. The smallest absolute Gasteiger partial charge is 0.317 e. The molecule has 27 heavy (non-hydrogen) atoms. The van der Waals surface area contributed by atoms with E-state index < -0.39 is 0 Å². The highest BCUT2D eigenvalue weighted by Crippen LogP contribution is 2.22. The number of halogens is 1. The molecular formula is C21H32FN3O2. The van der Waals surface area contributed by atoms with E-state index in [1.807, 2.05) is 11.0 Å². The van der Waals surface area contributed by atoms with Crippen LogP contribution in [0, 0.1) is 5.82 Å². The maximum atomic E-state index is 13.9. The molecule has 2 saturated heterocycles. The van der Waals surface area contributed by atoms with Crippen molar-refractivity contribution in [2.45, 2.75) is 64.1 Å². The fourth-order valence-corrected chi connectivity index (χ4v) is 4.25. The van der Waals surface area contributed by atoms with Gasteiger partial charge in [0.2, 0.25) is 0 Å². The molecule has 0 radical (unpaired) electrons. The van der Waals surface area contributed by atoms with Crippen LogP contribution in [0.2, 0.25) is 0 Å². The molecule has 2 heterocycles. The molecule has 1 N–H and O–H groups in total. The Hall–Kier alpha value is -1.82. The molecule has 0 aliphatic carbocycles. The van der Waals surface area contributed by atoms with Crippen molar-refractivity contribution >= 4 is 6.03 Å². The Labute approximate surface area is 161 Å². The number of hydrogen-bond acceptors (Lipinski definition) is 3. The van der Waals surface area contributed by atoms with Crippen molar-refractivity contribution in [2.75, 3.05) is 26.7 Å². The SMILES string of the molecule is CCC1CCCCN1C(=O)NC1CCN(Cc2ccc(OC)c(F)c2)CC1. The minimum atomic E-state index is -0.316. The van der Waals surface area contributed by atoms with Crippen molar-refractivity contribution < 1.29 is 13.9 Å². The summed E-state index contributed by atoms with van der Waals surface area (Å²) in [5, 5.41) is 3.25. The predicted molar refractivity (Wildman–Crippen MR) is 104 cm³/mol. The minimum Gasteiger partial charge on any atom is -0.494 e. The average molecular weight is 378 g/mol. The van der Waals surface area contributed by atoms with Gasteiger partial charge in [0.05, 0.1) is 7.11 Å². The molecule has 2 fully saturated rings. The normalized spacial score (nSPS) is 21.9. The fourth-order valence-electron chi connectivity index (χ4n) is 4.25. The second-order valence-corrected chi connectivity index (χ2v) is 7.72. The lowest BCUT2D eigenvalue weighted by Gasteiger charge is -2.38. The number of rotatable bonds is 5. The Morgan fingerprint density at radius 3 is 2.67 bits per heavy atom. The van der Waals surface area contributed by atoms with E-state index in [1.54, 1.807) is 12.1 Å². The van der Waals surface area contributed by atoms with E-state index in [1.165, 1.54) is 13.5 Å². The summed E-state index contributed by atoms with van der Waals surface area (Å²) in [4.78, 5) is 17.0. The summed E-state index contributed by atoms with van der Waals surface area (Å²) in [6.07, 6.45) is 6.38. The van der Waals surface area contributed by atoms with E-state index in [2.05, 4.69) is 17.1 Å². The summed E-state index contributed by atoms with van der Waals surface area (Å²) < 4.78 is 18.8. The second-order valence-electron chi connectivity index (χ2n) is 7.72. The summed E-state index contributed by atoms with van der Waals surface area (Å²) in [7, 11) is 1.48. The number of nitrogens with zero attached hydrogens (tertiary/aromatic N) is 2. The lowest BCUT2D eigenvalue weighted by molar-refractivity contribution is 0.136. The largest absolute Gasteiger partial charge is 0.494 e. The highest BCUT2D eigenvalue weighted by molar-refractivity contribution is 5.75. The van der Waals surface area contributed by atoms with Gasteiger partial charge in [0.25, 0.3) is 0 Å². The second kappa shape index (κ2) is 9.40. The number of hydrogen-bond donors (Lipinski definition) is 1. The van der Waals surface area contributed by atoms with Crippen LogP contribution in [0.3, 0.4) is 0 Å². The van der Waals surface area contributed by atoms with Gasteiger partial charge in [0, 0.05) is 38.3 Å². The zero-order chi connectivity index (χ0) is 19.2. The van der Waals surface area contributed by atoms with Crippen LogP contribution in [0.4, 0.5) is 9.18 Å².